The van der Waals surface area contributed by atoms with E-state index in [-0.39, 0.29) is 12.5 Å². The molecule has 0 aliphatic heterocycles. The van der Waals surface area contributed by atoms with E-state index in [4.69, 9.17) is 16.3 Å². The fourth-order valence-electron chi connectivity index (χ4n) is 1.19. The molecule has 0 fully saturated rings. The third-order valence-electron chi connectivity index (χ3n) is 2.03. The molecule has 0 radical (unpaired) electrons. The van der Waals surface area contributed by atoms with E-state index >= 15 is 0 Å². The minimum absolute atomic E-state index is 0.0348. The summed E-state index contributed by atoms with van der Waals surface area (Å²) in [5.74, 6) is -0.0348. The van der Waals surface area contributed by atoms with E-state index in [2.05, 4.69) is 0 Å². The Bertz CT molecular complexity index is 324. The van der Waals surface area contributed by atoms with E-state index in [1.54, 1.807) is 11.9 Å². The Labute approximate surface area is 94.6 Å². The summed E-state index contributed by atoms with van der Waals surface area (Å²) in [6, 6.07) is 7.43. The predicted molar refractivity (Wildman–Crippen MR) is 59.8 cm³/mol. The van der Waals surface area contributed by atoms with Gasteiger partial charge in [0, 0.05) is 25.7 Å². The van der Waals surface area contributed by atoms with E-state index in [0.717, 1.165) is 5.56 Å². The molecule has 0 aliphatic rings. The first-order valence-corrected chi connectivity index (χ1v) is 4.98. The molecule has 0 bridgehead atoms. The van der Waals surface area contributed by atoms with Crippen molar-refractivity contribution >= 4 is 17.5 Å². The molecule has 0 aliphatic carbocycles. The molecule has 1 aromatic carbocycles. The zero-order chi connectivity index (χ0) is 11.3. The Morgan fingerprint density at radius 3 is 2.53 bits per heavy atom. The molecule has 82 valence electrons. The van der Waals surface area contributed by atoms with Crippen LogP contribution in [0.15, 0.2) is 24.3 Å². The number of hydrogen-bond acceptors (Lipinski definition) is 2. The molecule has 15 heavy (non-hydrogen) atoms. The van der Waals surface area contributed by atoms with Gasteiger partial charge in [0.2, 0.25) is 5.91 Å². The van der Waals surface area contributed by atoms with Crippen LogP contribution in [0.2, 0.25) is 5.02 Å². The van der Waals surface area contributed by atoms with E-state index in [1.807, 2.05) is 24.3 Å². The predicted octanol–water partition coefficient (Wildman–Crippen LogP) is 1.94. The topological polar surface area (TPSA) is 29.5 Å². The van der Waals surface area contributed by atoms with Crippen molar-refractivity contribution in [3.05, 3.63) is 34.9 Å². The standard InChI is InChI=1S/C11H14ClNO2/c1-13(11(14)8-15-2)7-9-3-5-10(12)6-4-9/h3-6H,7-8H2,1-2H3. The molecule has 0 N–H and O–H groups in total. The average Bonchev–Trinajstić information content (AvgIpc) is 2.22. The molecular formula is C11H14ClNO2. The second-order valence-corrected chi connectivity index (χ2v) is 3.75. The molecule has 1 rings (SSSR count). The number of carbonyl (C=O) groups is 1. The Morgan fingerprint density at radius 2 is 2.00 bits per heavy atom. The number of halogens is 1. The Hall–Kier alpha value is -1.06. The molecule has 3 nitrogen and oxygen atoms in total. The van der Waals surface area contributed by atoms with Crippen molar-refractivity contribution in [3.8, 4) is 0 Å². The maximum Gasteiger partial charge on any atom is 0.248 e. The molecule has 0 unspecified atom stereocenters. The lowest BCUT2D eigenvalue weighted by Crippen LogP contribution is -2.29. The molecular weight excluding hydrogens is 214 g/mol. The second-order valence-electron chi connectivity index (χ2n) is 3.31. The summed E-state index contributed by atoms with van der Waals surface area (Å²) in [6.45, 7) is 0.684. The number of nitrogens with zero attached hydrogens (tertiary/aromatic N) is 1. The van der Waals surface area contributed by atoms with Gasteiger partial charge in [-0.1, -0.05) is 23.7 Å². The quantitative estimate of drug-likeness (QED) is 0.787. The molecule has 0 aromatic heterocycles. The van der Waals surface area contributed by atoms with E-state index < -0.39 is 0 Å². The maximum absolute atomic E-state index is 11.4. The summed E-state index contributed by atoms with van der Waals surface area (Å²) < 4.78 is 4.77. The summed E-state index contributed by atoms with van der Waals surface area (Å²) in [5.41, 5.74) is 1.05. The number of ether oxygens (including phenoxy) is 1. The Morgan fingerprint density at radius 1 is 1.40 bits per heavy atom. The third-order valence-corrected chi connectivity index (χ3v) is 2.28. The molecule has 0 heterocycles. The number of hydrogen-bond donors (Lipinski definition) is 0. The van der Waals surface area contributed by atoms with E-state index in [9.17, 15) is 4.79 Å². The minimum Gasteiger partial charge on any atom is -0.375 e. The molecule has 1 aromatic rings. The smallest absolute Gasteiger partial charge is 0.248 e. The third kappa shape index (κ3) is 3.90. The van der Waals surface area contributed by atoms with Crippen molar-refractivity contribution in [3.63, 3.8) is 0 Å². The van der Waals surface area contributed by atoms with Crippen molar-refractivity contribution in [2.75, 3.05) is 20.8 Å². The van der Waals surface area contributed by atoms with Gasteiger partial charge in [0.15, 0.2) is 0 Å². The highest BCUT2D eigenvalue weighted by molar-refractivity contribution is 6.30. The molecule has 4 heteroatoms. The van der Waals surface area contributed by atoms with Gasteiger partial charge in [-0.3, -0.25) is 4.79 Å². The van der Waals surface area contributed by atoms with Crippen molar-refractivity contribution in [2.45, 2.75) is 6.54 Å². The van der Waals surface area contributed by atoms with Crippen LogP contribution in [0, 0.1) is 0 Å². The van der Waals surface area contributed by atoms with Gasteiger partial charge in [0.25, 0.3) is 0 Å². The zero-order valence-electron chi connectivity index (χ0n) is 8.87. The van der Waals surface area contributed by atoms with E-state index in [1.165, 1.54) is 7.11 Å². The lowest BCUT2D eigenvalue weighted by molar-refractivity contribution is -0.134. The van der Waals surface area contributed by atoms with Crippen molar-refractivity contribution < 1.29 is 9.53 Å². The highest BCUT2D eigenvalue weighted by atomic mass is 35.5. The maximum atomic E-state index is 11.4. The number of rotatable bonds is 4. The summed E-state index contributed by atoms with van der Waals surface area (Å²) >= 11 is 5.76. The first-order chi connectivity index (χ1) is 7.13. The highest BCUT2D eigenvalue weighted by Gasteiger charge is 2.07. The molecule has 0 spiro atoms. The van der Waals surface area contributed by atoms with Crippen molar-refractivity contribution in [2.24, 2.45) is 0 Å². The van der Waals surface area contributed by atoms with Crippen LogP contribution in [0.25, 0.3) is 0 Å². The lowest BCUT2D eigenvalue weighted by atomic mass is 10.2. The van der Waals surface area contributed by atoms with Gasteiger partial charge < -0.3 is 9.64 Å². The number of likely N-dealkylation sites (N-methyl/N-ethyl adjacent to an activating group) is 1. The van der Waals surface area contributed by atoms with Gasteiger partial charge in [-0.25, -0.2) is 0 Å². The van der Waals surface area contributed by atoms with Gasteiger partial charge in [-0.05, 0) is 17.7 Å². The number of benzene rings is 1. The Balaban J connectivity index is 2.54. The average molecular weight is 228 g/mol. The first kappa shape index (κ1) is 12.0. The Kier molecular flexibility index (Phi) is 4.59. The van der Waals surface area contributed by atoms with Gasteiger partial charge in [-0.2, -0.15) is 0 Å². The van der Waals surface area contributed by atoms with Crippen LogP contribution in [0.1, 0.15) is 5.56 Å². The molecule has 1 amide bonds. The van der Waals surface area contributed by atoms with Crippen LogP contribution < -0.4 is 0 Å². The summed E-state index contributed by atoms with van der Waals surface area (Å²) in [4.78, 5) is 13.0. The van der Waals surface area contributed by atoms with Crippen LogP contribution in [0.5, 0.6) is 0 Å². The number of methoxy groups -OCH3 is 1. The van der Waals surface area contributed by atoms with Crippen LogP contribution in [-0.2, 0) is 16.1 Å². The van der Waals surface area contributed by atoms with Crippen LogP contribution in [-0.4, -0.2) is 31.6 Å². The summed E-state index contributed by atoms with van der Waals surface area (Å²) in [7, 11) is 3.25. The largest absolute Gasteiger partial charge is 0.375 e. The van der Waals surface area contributed by atoms with Crippen molar-refractivity contribution in [1.29, 1.82) is 0 Å². The minimum atomic E-state index is -0.0348. The first-order valence-electron chi connectivity index (χ1n) is 4.61. The monoisotopic (exact) mass is 227 g/mol. The second kappa shape index (κ2) is 5.73. The van der Waals surface area contributed by atoms with Gasteiger partial charge in [0.05, 0.1) is 0 Å². The normalized spacial score (nSPS) is 10.1. The van der Waals surface area contributed by atoms with E-state index in [0.29, 0.717) is 11.6 Å². The van der Waals surface area contributed by atoms with Crippen LogP contribution in [0.4, 0.5) is 0 Å². The van der Waals surface area contributed by atoms with Crippen LogP contribution in [0.3, 0.4) is 0 Å². The SMILES string of the molecule is COCC(=O)N(C)Cc1ccc(Cl)cc1. The van der Waals surface area contributed by atoms with Gasteiger partial charge in [-0.15, -0.1) is 0 Å². The highest BCUT2D eigenvalue weighted by Crippen LogP contribution is 2.10. The van der Waals surface area contributed by atoms with Gasteiger partial charge >= 0.3 is 0 Å². The van der Waals surface area contributed by atoms with Crippen LogP contribution >= 0.6 is 11.6 Å². The summed E-state index contributed by atoms with van der Waals surface area (Å²) in [5, 5.41) is 0.699. The molecule has 0 saturated heterocycles. The van der Waals surface area contributed by atoms with Gasteiger partial charge in [0.1, 0.15) is 6.61 Å². The number of carbonyl (C=O) groups excluding carboxylic acids is 1. The lowest BCUT2D eigenvalue weighted by Gasteiger charge is -2.16. The zero-order valence-corrected chi connectivity index (χ0v) is 9.62. The molecule has 0 saturated carbocycles. The van der Waals surface area contributed by atoms with Crippen molar-refractivity contribution in [1.82, 2.24) is 4.90 Å². The number of amides is 1. The summed E-state index contributed by atoms with van der Waals surface area (Å²) in [6.07, 6.45) is 0. The fourth-order valence-corrected chi connectivity index (χ4v) is 1.31. The molecule has 0 atom stereocenters. The fraction of sp³-hybridized carbons (Fsp3) is 0.364.